The number of aliphatic hydroxyl groups excluding tert-OH is 1. The van der Waals surface area contributed by atoms with Crippen molar-refractivity contribution < 1.29 is 28.8 Å². The Bertz CT molecular complexity index is 1060. The number of Topliss-reactive ketones (excluding diaryl/α,β-unsaturated/α-hetero) is 1. The standard InChI is InChI=1S/C24H26N2O5.C3H8O/c1-28-20-5-3-2-4-17(20)14-22-23(27)18-6-7-21-19(24(18)31-22)15-26(16-30-21)9-8-25-10-12-29-13-11-25;1-3(2)4/h2-7,14H,8-13,15-16H2,1H3;3-4H,1-2H3/b22-14-;. The number of carbonyl (C=O) groups is 1. The predicted octanol–water partition coefficient (Wildman–Crippen LogP) is 3.18. The van der Waals surface area contributed by atoms with Crippen molar-refractivity contribution in [2.45, 2.75) is 26.5 Å². The molecule has 1 N–H and O–H groups in total. The quantitative estimate of drug-likeness (QED) is 0.651. The number of ketones is 1. The van der Waals surface area contributed by atoms with Gasteiger partial charge in [-0.05, 0) is 38.1 Å². The third-order valence-corrected chi connectivity index (χ3v) is 5.94. The number of methoxy groups -OCH3 is 1. The molecule has 8 nitrogen and oxygen atoms in total. The second-order valence-electron chi connectivity index (χ2n) is 8.97. The summed E-state index contributed by atoms with van der Waals surface area (Å²) in [5.74, 6) is 2.28. The number of fused-ring (bicyclic) bond motifs is 3. The van der Waals surface area contributed by atoms with Crippen LogP contribution in [0, 0.1) is 0 Å². The van der Waals surface area contributed by atoms with E-state index in [0.717, 1.165) is 56.3 Å². The molecule has 0 aliphatic carbocycles. The molecule has 0 spiro atoms. The molecule has 5 rings (SSSR count). The number of hydrogen-bond acceptors (Lipinski definition) is 8. The van der Waals surface area contributed by atoms with E-state index in [-0.39, 0.29) is 11.9 Å². The van der Waals surface area contributed by atoms with Crippen molar-refractivity contribution in [1.82, 2.24) is 9.80 Å². The highest BCUT2D eigenvalue weighted by Crippen LogP contribution is 2.42. The Balaban J connectivity index is 0.000000672. The Morgan fingerprint density at radius 2 is 1.80 bits per heavy atom. The van der Waals surface area contributed by atoms with Crippen LogP contribution in [0.15, 0.2) is 42.2 Å². The maximum Gasteiger partial charge on any atom is 0.231 e. The third-order valence-electron chi connectivity index (χ3n) is 5.94. The summed E-state index contributed by atoms with van der Waals surface area (Å²) in [5.41, 5.74) is 2.32. The van der Waals surface area contributed by atoms with Gasteiger partial charge in [-0.3, -0.25) is 14.6 Å². The zero-order chi connectivity index (χ0) is 24.8. The molecule has 0 atom stereocenters. The van der Waals surface area contributed by atoms with Crippen molar-refractivity contribution in [3.63, 3.8) is 0 Å². The average Bonchev–Trinajstić information content (AvgIpc) is 3.19. The molecular weight excluding hydrogens is 448 g/mol. The zero-order valence-electron chi connectivity index (χ0n) is 20.7. The molecule has 0 unspecified atom stereocenters. The molecule has 35 heavy (non-hydrogen) atoms. The summed E-state index contributed by atoms with van der Waals surface area (Å²) in [4.78, 5) is 17.6. The van der Waals surface area contributed by atoms with E-state index in [1.807, 2.05) is 30.3 Å². The first-order valence-corrected chi connectivity index (χ1v) is 12.0. The van der Waals surface area contributed by atoms with Crippen molar-refractivity contribution in [2.24, 2.45) is 0 Å². The summed E-state index contributed by atoms with van der Waals surface area (Å²) < 4.78 is 22.9. The Morgan fingerprint density at radius 1 is 1.09 bits per heavy atom. The fraction of sp³-hybridized carbons (Fsp3) is 0.444. The summed E-state index contributed by atoms with van der Waals surface area (Å²) in [6, 6.07) is 11.2. The average molecular weight is 483 g/mol. The van der Waals surface area contributed by atoms with Gasteiger partial charge in [0, 0.05) is 44.4 Å². The molecule has 0 amide bonds. The number of allylic oxidation sites excluding steroid dienone is 1. The molecule has 8 heteroatoms. The van der Waals surface area contributed by atoms with Crippen LogP contribution in [0.25, 0.3) is 6.08 Å². The van der Waals surface area contributed by atoms with Crippen LogP contribution in [0.1, 0.15) is 35.3 Å². The summed E-state index contributed by atoms with van der Waals surface area (Å²) in [6.45, 7) is 10.1. The van der Waals surface area contributed by atoms with Crippen LogP contribution in [-0.2, 0) is 11.3 Å². The molecule has 0 saturated carbocycles. The van der Waals surface area contributed by atoms with Crippen molar-refractivity contribution in [1.29, 1.82) is 0 Å². The highest BCUT2D eigenvalue weighted by molar-refractivity contribution is 6.15. The van der Waals surface area contributed by atoms with Gasteiger partial charge in [0.15, 0.2) is 5.76 Å². The minimum absolute atomic E-state index is 0.117. The largest absolute Gasteiger partial charge is 0.496 e. The molecule has 3 aliphatic heterocycles. The van der Waals surface area contributed by atoms with Gasteiger partial charge in [0.2, 0.25) is 5.78 Å². The highest BCUT2D eigenvalue weighted by Gasteiger charge is 2.33. The van der Waals surface area contributed by atoms with E-state index < -0.39 is 0 Å². The van der Waals surface area contributed by atoms with Crippen molar-refractivity contribution >= 4 is 11.9 Å². The molecular formula is C27H34N2O6. The number of nitrogens with zero attached hydrogens (tertiary/aromatic N) is 2. The lowest BCUT2D eigenvalue weighted by Crippen LogP contribution is -2.43. The van der Waals surface area contributed by atoms with Crippen LogP contribution in [0.2, 0.25) is 0 Å². The van der Waals surface area contributed by atoms with Crippen LogP contribution in [0.3, 0.4) is 0 Å². The second kappa shape index (κ2) is 11.7. The Labute approximate surface area is 206 Å². The minimum Gasteiger partial charge on any atom is -0.496 e. The van der Waals surface area contributed by atoms with Crippen molar-refractivity contribution in [3.8, 4) is 17.2 Å². The Hall–Kier alpha value is -2.91. The lowest BCUT2D eigenvalue weighted by molar-refractivity contribution is 0.0239. The van der Waals surface area contributed by atoms with Crippen LogP contribution >= 0.6 is 0 Å². The van der Waals surface area contributed by atoms with Gasteiger partial charge >= 0.3 is 0 Å². The van der Waals surface area contributed by atoms with E-state index in [2.05, 4.69) is 9.80 Å². The molecule has 3 heterocycles. The molecule has 0 bridgehead atoms. The SMILES string of the molecule is CC(C)O.COc1ccccc1/C=C1\Oc2c(ccc3c2CN(CCN2CCOCC2)CO3)C1=O. The molecule has 2 aromatic carbocycles. The highest BCUT2D eigenvalue weighted by atomic mass is 16.5. The van der Waals surface area contributed by atoms with Crippen molar-refractivity contribution in [2.75, 3.05) is 53.2 Å². The lowest BCUT2D eigenvalue weighted by Gasteiger charge is -2.33. The van der Waals surface area contributed by atoms with Gasteiger partial charge in [-0.2, -0.15) is 0 Å². The third kappa shape index (κ3) is 6.21. The normalized spacial score (nSPS) is 18.9. The summed E-state index contributed by atoms with van der Waals surface area (Å²) in [5, 5.41) is 8.06. The minimum atomic E-state index is -0.167. The summed E-state index contributed by atoms with van der Waals surface area (Å²) >= 11 is 0. The van der Waals surface area contributed by atoms with Gasteiger partial charge < -0.3 is 24.1 Å². The number of carbonyl (C=O) groups excluding carboxylic acids is 1. The molecule has 0 aromatic heterocycles. The van der Waals surface area contributed by atoms with Crippen LogP contribution < -0.4 is 14.2 Å². The molecule has 2 aromatic rings. The topological polar surface area (TPSA) is 80.7 Å². The first-order chi connectivity index (χ1) is 17.0. The number of morpholine rings is 1. The number of ether oxygens (including phenoxy) is 4. The van der Waals surface area contributed by atoms with Gasteiger partial charge in [0.1, 0.15) is 24.0 Å². The van der Waals surface area contributed by atoms with E-state index in [9.17, 15) is 4.79 Å². The smallest absolute Gasteiger partial charge is 0.231 e. The van der Waals surface area contributed by atoms with E-state index in [4.69, 9.17) is 24.1 Å². The van der Waals surface area contributed by atoms with Crippen LogP contribution in [0.4, 0.5) is 0 Å². The van der Waals surface area contributed by atoms with Crippen molar-refractivity contribution in [3.05, 3.63) is 58.8 Å². The maximum absolute atomic E-state index is 13.0. The Morgan fingerprint density at radius 3 is 2.54 bits per heavy atom. The van der Waals surface area contributed by atoms with Gasteiger partial charge in [-0.15, -0.1) is 0 Å². The van der Waals surface area contributed by atoms with Crippen LogP contribution in [-0.4, -0.2) is 80.0 Å². The molecule has 3 aliphatic rings. The molecule has 0 radical (unpaired) electrons. The molecule has 1 fully saturated rings. The first kappa shape index (κ1) is 25.2. The fourth-order valence-electron chi connectivity index (χ4n) is 4.18. The Kier molecular flexibility index (Phi) is 8.41. The lowest BCUT2D eigenvalue weighted by atomic mass is 10.0. The van der Waals surface area contributed by atoms with E-state index in [0.29, 0.717) is 36.1 Å². The molecule has 1 saturated heterocycles. The van der Waals surface area contributed by atoms with Gasteiger partial charge in [0.05, 0.1) is 31.5 Å². The predicted molar refractivity (Wildman–Crippen MR) is 133 cm³/mol. The van der Waals surface area contributed by atoms with Gasteiger partial charge in [-0.25, -0.2) is 0 Å². The number of aliphatic hydroxyl groups is 1. The number of rotatable bonds is 5. The fourth-order valence-corrected chi connectivity index (χ4v) is 4.18. The monoisotopic (exact) mass is 482 g/mol. The number of hydrogen-bond donors (Lipinski definition) is 1. The van der Waals surface area contributed by atoms with Gasteiger partial charge in [-0.1, -0.05) is 18.2 Å². The number of para-hydroxylation sites is 1. The summed E-state index contributed by atoms with van der Waals surface area (Å²) in [6.07, 6.45) is 1.58. The number of benzene rings is 2. The second-order valence-corrected chi connectivity index (χ2v) is 8.97. The van der Waals surface area contributed by atoms with E-state index >= 15 is 0 Å². The first-order valence-electron chi connectivity index (χ1n) is 12.0. The van der Waals surface area contributed by atoms with E-state index in [1.165, 1.54) is 0 Å². The van der Waals surface area contributed by atoms with Gasteiger partial charge in [0.25, 0.3) is 0 Å². The van der Waals surface area contributed by atoms with Crippen LogP contribution in [0.5, 0.6) is 17.2 Å². The zero-order valence-corrected chi connectivity index (χ0v) is 20.7. The maximum atomic E-state index is 13.0. The van der Waals surface area contributed by atoms with E-state index in [1.54, 1.807) is 33.1 Å². The molecule has 188 valence electrons. The summed E-state index contributed by atoms with van der Waals surface area (Å²) in [7, 11) is 1.61.